The van der Waals surface area contributed by atoms with Gasteiger partial charge in [-0.15, -0.1) is 0 Å². The number of hydrogen-bond acceptors (Lipinski definition) is 9. The maximum Gasteiger partial charge on any atom is 0.323 e. The molecule has 1 saturated heterocycles. The molecular weight excluding hydrogens is 662 g/mol. The van der Waals surface area contributed by atoms with Gasteiger partial charge in [0.05, 0.1) is 6.54 Å². The number of likely N-dealkylation sites (tertiary alicyclic amines) is 1. The van der Waals surface area contributed by atoms with Gasteiger partial charge in [-0.3, -0.25) is 19.2 Å². The van der Waals surface area contributed by atoms with E-state index in [0.29, 0.717) is 45.4 Å². The van der Waals surface area contributed by atoms with Gasteiger partial charge in [-0.2, -0.15) is 0 Å². The Balaban J connectivity index is 1.75. The molecular formula is C39H59N7O6. The number of aliphatic carboxylic acids is 1. The molecule has 13 nitrogen and oxygen atoms in total. The number of benzene rings is 2. The lowest BCUT2D eigenvalue weighted by Crippen LogP contribution is -2.64. The quantitative estimate of drug-likeness (QED) is 0.0692. The van der Waals surface area contributed by atoms with Crippen LogP contribution in [0.2, 0.25) is 0 Å². The Bertz CT molecular complexity index is 1440. The maximum absolute atomic E-state index is 14.1. The van der Waals surface area contributed by atoms with Crippen LogP contribution in [0.25, 0.3) is 0 Å². The van der Waals surface area contributed by atoms with Crippen LogP contribution in [-0.4, -0.2) is 102 Å². The van der Waals surface area contributed by atoms with Gasteiger partial charge in [0, 0.05) is 32.6 Å². The van der Waals surface area contributed by atoms with E-state index in [1.165, 1.54) is 0 Å². The Morgan fingerprint density at radius 2 is 1.56 bits per heavy atom. The number of carbonyl (C=O) groups is 5. The summed E-state index contributed by atoms with van der Waals surface area (Å²) in [7, 11) is 0. The maximum atomic E-state index is 14.1. The van der Waals surface area contributed by atoms with Crippen molar-refractivity contribution in [2.45, 2.75) is 94.8 Å². The monoisotopic (exact) mass is 721 g/mol. The first-order chi connectivity index (χ1) is 24.8. The fraction of sp³-hybridized carbons (Fsp3) is 0.564. The van der Waals surface area contributed by atoms with E-state index in [1.807, 2.05) is 79.4 Å². The molecule has 2 aromatic rings. The van der Waals surface area contributed by atoms with Gasteiger partial charge in [0.1, 0.15) is 29.4 Å². The average Bonchev–Trinajstić information content (AvgIpc) is 3.12. The SMILES string of the molecule is CC(C)C[C@@H](NC(=O)[C@@H](Cc1ccccc1)NC(=O)CNC[C@H](C)c1ccccc1)C(=O)N[C@@](C=O)(CCCCN)CN1CCC(N)(C(=O)O)CC1. The third kappa shape index (κ3) is 13.4. The van der Waals surface area contributed by atoms with Crippen molar-refractivity contribution in [3.8, 4) is 0 Å². The lowest BCUT2D eigenvalue weighted by molar-refractivity contribution is -0.145. The number of carbonyl (C=O) groups excluding carboxylic acids is 4. The number of nitrogens with zero attached hydrogens (tertiary/aromatic N) is 1. The molecule has 1 heterocycles. The predicted molar refractivity (Wildman–Crippen MR) is 201 cm³/mol. The Morgan fingerprint density at radius 1 is 0.923 bits per heavy atom. The fourth-order valence-corrected chi connectivity index (χ4v) is 6.53. The fourth-order valence-electron chi connectivity index (χ4n) is 6.53. The molecule has 0 aromatic heterocycles. The van der Waals surface area contributed by atoms with Gasteiger partial charge in [0.2, 0.25) is 17.7 Å². The molecule has 13 heteroatoms. The van der Waals surface area contributed by atoms with E-state index < -0.39 is 40.9 Å². The number of rotatable bonds is 22. The van der Waals surface area contributed by atoms with Gasteiger partial charge in [-0.05, 0) is 68.0 Å². The molecule has 0 spiro atoms. The van der Waals surface area contributed by atoms with Crippen LogP contribution in [-0.2, 0) is 30.4 Å². The average molecular weight is 722 g/mol. The number of carboxylic acid groups (broad SMARTS) is 1. The van der Waals surface area contributed by atoms with Crippen molar-refractivity contribution in [2.24, 2.45) is 17.4 Å². The molecule has 1 aliphatic heterocycles. The van der Waals surface area contributed by atoms with Crippen molar-refractivity contribution in [3.05, 3.63) is 71.8 Å². The van der Waals surface area contributed by atoms with Crippen molar-refractivity contribution in [1.29, 1.82) is 0 Å². The molecule has 0 radical (unpaired) electrons. The highest BCUT2D eigenvalue weighted by atomic mass is 16.4. The van der Waals surface area contributed by atoms with Gasteiger partial charge >= 0.3 is 5.97 Å². The van der Waals surface area contributed by atoms with E-state index in [4.69, 9.17) is 11.5 Å². The van der Waals surface area contributed by atoms with E-state index in [2.05, 4.69) is 28.2 Å². The zero-order valence-corrected chi connectivity index (χ0v) is 30.9. The van der Waals surface area contributed by atoms with Crippen molar-refractivity contribution < 1.29 is 29.1 Å². The molecule has 0 unspecified atom stereocenters. The largest absolute Gasteiger partial charge is 0.480 e. The van der Waals surface area contributed by atoms with Gasteiger partial charge in [-0.25, -0.2) is 0 Å². The standard InChI is InChI=1S/C39H59N7O6/c1-28(2)22-32(36(50)45-38(27-47,16-10-11-19-40)26-46-20-17-39(41,18-21-46)37(51)52)44-35(49)33(23-30-12-6-4-7-13-30)43-34(48)25-42-24-29(3)31-14-8-5-9-15-31/h4-9,12-15,27-29,32-33,42H,10-11,16-26,40-41H2,1-3H3,(H,43,48)(H,44,49)(H,45,50)(H,51,52)/t29-,32+,33+,38-/m0/s1. The molecule has 1 fully saturated rings. The molecule has 0 saturated carbocycles. The lowest BCUT2D eigenvalue weighted by atomic mass is 9.86. The molecule has 4 atom stereocenters. The smallest absolute Gasteiger partial charge is 0.323 e. The number of carboxylic acids is 1. The summed E-state index contributed by atoms with van der Waals surface area (Å²) >= 11 is 0. The third-order valence-electron chi connectivity index (χ3n) is 9.73. The van der Waals surface area contributed by atoms with E-state index in [-0.39, 0.29) is 56.5 Å². The summed E-state index contributed by atoms with van der Waals surface area (Å²) in [6, 6.07) is 17.3. The molecule has 52 heavy (non-hydrogen) atoms. The number of aldehydes is 1. The minimum Gasteiger partial charge on any atom is -0.480 e. The van der Waals surface area contributed by atoms with Gasteiger partial charge in [0.25, 0.3) is 0 Å². The van der Waals surface area contributed by atoms with Crippen LogP contribution in [0.15, 0.2) is 60.7 Å². The number of hydrogen-bond donors (Lipinski definition) is 7. The second-order valence-corrected chi connectivity index (χ2v) is 14.7. The summed E-state index contributed by atoms with van der Waals surface area (Å²) in [5, 5.41) is 21.5. The minimum atomic E-state index is -1.34. The van der Waals surface area contributed by atoms with E-state index in [0.717, 1.165) is 17.4 Å². The molecule has 0 bridgehead atoms. The molecule has 286 valence electrons. The molecule has 3 amide bonds. The Kier molecular flexibility index (Phi) is 16.9. The Labute approximate surface area is 308 Å². The highest BCUT2D eigenvalue weighted by molar-refractivity contribution is 5.93. The van der Waals surface area contributed by atoms with E-state index in [1.54, 1.807) is 0 Å². The topological polar surface area (TPSA) is 209 Å². The summed E-state index contributed by atoms with van der Waals surface area (Å²) < 4.78 is 0. The first kappa shape index (κ1) is 42.2. The highest BCUT2D eigenvalue weighted by Gasteiger charge is 2.41. The van der Waals surface area contributed by atoms with Crippen LogP contribution in [0.1, 0.15) is 76.3 Å². The lowest BCUT2D eigenvalue weighted by Gasteiger charge is -2.41. The van der Waals surface area contributed by atoms with Gasteiger partial charge in [0.15, 0.2) is 0 Å². The normalized spacial score (nSPS) is 17.3. The molecule has 2 aromatic carbocycles. The van der Waals surface area contributed by atoms with Crippen molar-refractivity contribution in [2.75, 3.05) is 39.3 Å². The van der Waals surface area contributed by atoms with Gasteiger partial charge in [-0.1, -0.05) is 81.4 Å². The van der Waals surface area contributed by atoms with Crippen LogP contribution in [0.3, 0.4) is 0 Å². The van der Waals surface area contributed by atoms with Gasteiger partial charge < -0.3 is 47.5 Å². The number of unbranched alkanes of at least 4 members (excludes halogenated alkanes) is 1. The Hall–Kier alpha value is -4.17. The molecule has 3 rings (SSSR count). The van der Waals surface area contributed by atoms with Crippen LogP contribution in [0.4, 0.5) is 0 Å². The van der Waals surface area contributed by atoms with Crippen LogP contribution in [0.5, 0.6) is 0 Å². The second-order valence-electron chi connectivity index (χ2n) is 14.7. The molecule has 9 N–H and O–H groups in total. The zero-order valence-electron chi connectivity index (χ0n) is 30.9. The van der Waals surface area contributed by atoms with E-state index in [9.17, 15) is 29.1 Å². The number of piperidine rings is 1. The predicted octanol–water partition coefficient (Wildman–Crippen LogP) is 1.70. The first-order valence-electron chi connectivity index (χ1n) is 18.4. The summed E-state index contributed by atoms with van der Waals surface area (Å²) in [6.07, 6.45) is 3.17. The summed E-state index contributed by atoms with van der Waals surface area (Å²) in [6.45, 7) is 7.77. The molecule has 1 aliphatic rings. The van der Waals surface area contributed by atoms with Crippen molar-refractivity contribution in [1.82, 2.24) is 26.2 Å². The van der Waals surface area contributed by atoms with Crippen LogP contribution in [0, 0.1) is 5.92 Å². The summed E-state index contributed by atoms with van der Waals surface area (Å²) in [5.41, 5.74) is 11.2. The molecule has 0 aliphatic carbocycles. The van der Waals surface area contributed by atoms with Crippen LogP contribution >= 0.6 is 0 Å². The van der Waals surface area contributed by atoms with Crippen molar-refractivity contribution in [3.63, 3.8) is 0 Å². The number of nitrogens with two attached hydrogens (primary N) is 2. The minimum absolute atomic E-state index is 0.00451. The number of amides is 3. The van der Waals surface area contributed by atoms with Crippen LogP contribution < -0.4 is 32.7 Å². The van der Waals surface area contributed by atoms with Crippen molar-refractivity contribution >= 4 is 30.0 Å². The number of nitrogens with one attached hydrogen (secondary N) is 4. The Morgan fingerprint density at radius 3 is 2.13 bits per heavy atom. The summed E-state index contributed by atoms with van der Waals surface area (Å²) in [4.78, 5) is 67.6. The second kappa shape index (κ2) is 20.8. The van der Waals surface area contributed by atoms with E-state index >= 15 is 0 Å². The summed E-state index contributed by atoms with van der Waals surface area (Å²) in [5.74, 6) is -2.26. The highest BCUT2D eigenvalue weighted by Crippen LogP contribution is 2.24. The first-order valence-corrected chi connectivity index (χ1v) is 18.4. The zero-order chi connectivity index (χ0) is 38.1. The third-order valence-corrected chi connectivity index (χ3v) is 9.73.